The Kier molecular flexibility index (Phi) is 3.85. The molecule has 0 saturated carbocycles. The van der Waals surface area contributed by atoms with Crippen LogP contribution in [0.15, 0.2) is 18.2 Å². The number of rotatable bonds is 1. The van der Waals surface area contributed by atoms with Crippen molar-refractivity contribution in [3.8, 4) is 0 Å². The van der Waals surface area contributed by atoms with Gasteiger partial charge in [0.1, 0.15) is 5.60 Å². The first-order valence-corrected chi connectivity index (χ1v) is 6.81. The van der Waals surface area contributed by atoms with E-state index in [0.29, 0.717) is 13.1 Å². The van der Waals surface area contributed by atoms with Crippen molar-refractivity contribution in [2.45, 2.75) is 39.5 Å². The first-order valence-electron chi connectivity index (χ1n) is 6.41. The van der Waals surface area contributed by atoms with Crippen LogP contribution in [0.3, 0.4) is 0 Å². The second-order valence-corrected chi connectivity index (χ2v) is 6.25. The predicted molar refractivity (Wildman–Crippen MR) is 82.3 cm³/mol. The molecule has 0 saturated heterocycles. The molecule has 0 radical (unpaired) electrons. The van der Waals surface area contributed by atoms with Crippen molar-refractivity contribution in [3.63, 3.8) is 0 Å². The molecule has 3 N–H and O–H groups in total. The summed E-state index contributed by atoms with van der Waals surface area (Å²) in [6.45, 7) is 6.68. The number of hydrogen-bond acceptors (Lipinski definition) is 3. The molecule has 1 aliphatic heterocycles. The van der Waals surface area contributed by atoms with E-state index in [0.717, 1.165) is 16.8 Å². The Balaban J connectivity index is 2.07. The Morgan fingerprint density at radius 3 is 2.60 bits per heavy atom. The van der Waals surface area contributed by atoms with E-state index in [4.69, 9.17) is 22.7 Å². The summed E-state index contributed by atoms with van der Waals surface area (Å²) in [4.78, 5) is 13.7. The molecule has 1 aromatic carbocycles. The van der Waals surface area contributed by atoms with E-state index < -0.39 is 5.60 Å². The lowest BCUT2D eigenvalue weighted by atomic mass is 10.1. The van der Waals surface area contributed by atoms with Crippen molar-refractivity contribution in [2.75, 3.05) is 5.32 Å². The molecule has 5 nitrogen and oxygen atoms in total. The molecule has 0 unspecified atom stereocenters. The number of nitrogens with two attached hydrogens (primary N) is 1. The van der Waals surface area contributed by atoms with E-state index in [9.17, 15) is 4.79 Å². The third-order valence-corrected chi connectivity index (χ3v) is 2.95. The monoisotopic (exact) mass is 293 g/mol. The fraction of sp³-hybridized carbons (Fsp3) is 0.429. The molecule has 0 aliphatic carbocycles. The molecule has 0 atom stereocenters. The van der Waals surface area contributed by atoms with Crippen LogP contribution in [-0.4, -0.2) is 21.7 Å². The molecule has 1 amide bonds. The Morgan fingerprint density at radius 2 is 2.00 bits per heavy atom. The van der Waals surface area contributed by atoms with Gasteiger partial charge in [0.2, 0.25) is 0 Å². The maximum Gasteiger partial charge on any atom is 0.410 e. The quantitative estimate of drug-likeness (QED) is 0.779. The number of thiocarbonyl (C=S) groups is 1. The van der Waals surface area contributed by atoms with Crippen LogP contribution >= 0.6 is 12.2 Å². The third-order valence-electron chi connectivity index (χ3n) is 2.85. The number of benzene rings is 1. The molecule has 108 valence electrons. The number of fused-ring (bicyclic) bond motifs is 1. The maximum absolute atomic E-state index is 12.0. The molecule has 6 heteroatoms. The predicted octanol–water partition coefficient (Wildman–Crippen LogP) is 2.59. The van der Waals surface area contributed by atoms with Crippen molar-refractivity contribution in [3.05, 3.63) is 29.3 Å². The van der Waals surface area contributed by atoms with Gasteiger partial charge in [-0.3, -0.25) is 4.90 Å². The van der Waals surface area contributed by atoms with Gasteiger partial charge in [-0.15, -0.1) is 0 Å². The highest BCUT2D eigenvalue weighted by atomic mass is 32.1. The van der Waals surface area contributed by atoms with Crippen LogP contribution in [0.25, 0.3) is 0 Å². The fourth-order valence-corrected chi connectivity index (χ4v) is 2.19. The summed E-state index contributed by atoms with van der Waals surface area (Å²) in [5.74, 6) is 0. The van der Waals surface area contributed by atoms with Gasteiger partial charge in [0.25, 0.3) is 0 Å². The number of ether oxygens (including phenoxy) is 1. The molecule has 20 heavy (non-hydrogen) atoms. The largest absolute Gasteiger partial charge is 0.444 e. The first-order chi connectivity index (χ1) is 9.24. The van der Waals surface area contributed by atoms with Crippen LogP contribution < -0.4 is 11.1 Å². The number of nitrogens with zero attached hydrogens (tertiary/aromatic N) is 1. The average molecular weight is 293 g/mol. The summed E-state index contributed by atoms with van der Waals surface area (Å²) in [6.07, 6.45) is -0.294. The molecule has 1 aliphatic rings. The van der Waals surface area contributed by atoms with Gasteiger partial charge in [0.05, 0.1) is 0 Å². The zero-order chi connectivity index (χ0) is 14.9. The van der Waals surface area contributed by atoms with Gasteiger partial charge in [-0.25, -0.2) is 4.79 Å². The highest BCUT2D eigenvalue weighted by Gasteiger charge is 2.27. The van der Waals surface area contributed by atoms with Gasteiger partial charge < -0.3 is 15.8 Å². The normalized spacial score (nSPS) is 13.8. The Labute approximate surface area is 124 Å². The van der Waals surface area contributed by atoms with Crippen LogP contribution in [-0.2, 0) is 17.8 Å². The van der Waals surface area contributed by atoms with E-state index in [1.54, 1.807) is 4.90 Å². The molecular formula is C14H19N3O2S. The van der Waals surface area contributed by atoms with Gasteiger partial charge >= 0.3 is 6.09 Å². The van der Waals surface area contributed by atoms with Crippen LogP contribution in [0.2, 0.25) is 0 Å². The van der Waals surface area contributed by atoms with Gasteiger partial charge in [0.15, 0.2) is 5.11 Å². The van der Waals surface area contributed by atoms with Gasteiger partial charge in [0, 0.05) is 18.8 Å². The van der Waals surface area contributed by atoms with Crippen molar-refractivity contribution in [1.29, 1.82) is 0 Å². The zero-order valence-corrected chi connectivity index (χ0v) is 12.7. The molecule has 0 spiro atoms. The number of amides is 1. The van der Waals surface area contributed by atoms with Gasteiger partial charge in [-0.05, 0) is 56.2 Å². The van der Waals surface area contributed by atoms with Crippen molar-refractivity contribution >= 4 is 29.1 Å². The Morgan fingerprint density at radius 1 is 1.35 bits per heavy atom. The van der Waals surface area contributed by atoms with Gasteiger partial charge in [-0.2, -0.15) is 0 Å². The number of nitrogens with one attached hydrogen (secondary N) is 1. The highest BCUT2D eigenvalue weighted by molar-refractivity contribution is 7.80. The van der Waals surface area contributed by atoms with Crippen LogP contribution in [0.5, 0.6) is 0 Å². The summed E-state index contributed by atoms with van der Waals surface area (Å²) in [6, 6.07) is 5.83. The molecule has 0 aromatic heterocycles. The second kappa shape index (κ2) is 5.28. The fourth-order valence-electron chi connectivity index (χ4n) is 2.07. The lowest BCUT2D eigenvalue weighted by Crippen LogP contribution is -2.33. The first kappa shape index (κ1) is 14.6. The van der Waals surface area contributed by atoms with Crippen molar-refractivity contribution in [1.82, 2.24) is 4.90 Å². The maximum atomic E-state index is 12.0. The smallest absolute Gasteiger partial charge is 0.410 e. The molecule has 0 fully saturated rings. The lowest BCUT2D eigenvalue weighted by molar-refractivity contribution is 0.0242. The summed E-state index contributed by atoms with van der Waals surface area (Å²) >= 11 is 4.81. The minimum Gasteiger partial charge on any atom is -0.444 e. The Hall–Kier alpha value is -1.82. The van der Waals surface area contributed by atoms with E-state index in [-0.39, 0.29) is 11.2 Å². The second-order valence-electron chi connectivity index (χ2n) is 5.81. The number of carbonyl (C=O) groups is 1. The van der Waals surface area contributed by atoms with Gasteiger partial charge in [-0.1, -0.05) is 6.07 Å². The summed E-state index contributed by atoms with van der Waals surface area (Å²) in [5.41, 5.74) is 8.00. The summed E-state index contributed by atoms with van der Waals surface area (Å²) in [7, 11) is 0. The Bertz CT molecular complexity index is 552. The molecular weight excluding hydrogens is 274 g/mol. The van der Waals surface area contributed by atoms with Crippen LogP contribution in [0.4, 0.5) is 10.5 Å². The third kappa shape index (κ3) is 3.60. The highest BCUT2D eigenvalue weighted by Crippen LogP contribution is 2.27. The van der Waals surface area contributed by atoms with Crippen LogP contribution in [0.1, 0.15) is 31.9 Å². The molecule has 1 heterocycles. The minimum atomic E-state index is -0.482. The summed E-state index contributed by atoms with van der Waals surface area (Å²) in [5, 5.41) is 3.12. The van der Waals surface area contributed by atoms with E-state index in [1.165, 1.54) is 0 Å². The molecule has 2 rings (SSSR count). The number of hydrogen-bond donors (Lipinski definition) is 2. The van der Waals surface area contributed by atoms with E-state index >= 15 is 0 Å². The number of carbonyl (C=O) groups excluding carboxylic acids is 1. The average Bonchev–Trinajstić information content (AvgIpc) is 2.68. The van der Waals surface area contributed by atoms with Crippen molar-refractivity contribution < 1.29 is 9.53 Å². The van der Waals surface area contributed by atoms with Crippen LogP contribution in [0, 0.1) is 0 Å². The SMILES string of the molecule is CC(C)(C)OC(=O)N1Cc2ccc(NC(N)=S)cc2C1. The number of anilines is 1. The summed E-state index contributed by atoms with van der Waals surface area (Å²) < 4.78 is 5.38. The van der Waals surface area contributed by atoms with E-state index in [1.807, 2.05) is 39.0 Å². The van der Waals surface area contributed by atoms with Crippen molar-refractivity contribution in [2.24, 2.45) is 5.73 Å². The molecule has 1 aromatic rings. The standard InChI is InChI=1S/C14H19N3O2S/c1-14(2,3)19-13(18)17-7-9-4-5-11(16-12(15)20)6-10(9)8-17/h4-6H,7-8H2,1-3H3,(H3,15,16,20). The minimum absolute atomic E-state index is 0.229. The topological polar surface area (TPSA) is 67.6 Å². The van der Waals surface area contributed by atoms with E-state index in [2.05, 4.69) is 5.32 Å². The zero-order valence-electron chi connectivity index (χ0n) is 11.9. The molecule has 0 bridgehead atoms. The lowest BCUT2D eigenvalue weighted by Gasteiger charge is -2.24.